The van der Waals surface area contributed by atoms with Crippen molar-refractivity contribution in [2.24, 2.45) is 7.05 Å². The lowest BCUT2D eigenvalue weighted by Crippen LogP contribution is -2.11. The third-order valence-electron chi connectivity index (χ3n) is 3.90. The van der Waals surface area contributed by atoms with E-state index in [9.17, 15) is 9.59 Å². The minimum atomic E-state index is -0.345. The first-order chi connectivity index (χ1) is 11.3. The van der Waals surface area contributed by atoms with Gasteiger partial charge in [-0.1, -0.05) is 0 Å². The van der Waals surface area contributed by atoms with Crippen molar-refractivity contribution in [1.82, 2.24) is 9.78 Å². The number of nitrogens with zero attached hydrogens (tertiary/aromatic N) is 2. The minimum Gasteiger partial charge on any atom is -0.462 e. The van der Waals surface area contributed by atoms with Gasteiger partial charge in [-0.2, -0.15) is 5.10 Å². The predicted molar refractivity (Wildman–Crippen MR) is 94.6 cm³/mol. The summed E-state index contributed by atoms with van der Waals surface area (Å²) in [4.78, 5) is 24.5. The molecule has 130 valence electrons. The second-order valence-corrected chi connectivity index (χ2v) is 6.72. The molecule has 0 fully saturated rings. The number of aryl methyl sites for hydroxylation is 3. The average Bonchev–Trinajstić information content (AvgIpc) is 2.98. The van der Waals surface area contributed by atoms with E-state index in [-0.39, 0.29) is 11.9 Å². The van der Waals surface area contributed by atoms with E-state index < -0.39 is 0 Å². The Hall–Kier alpha value is -2.15. The first-order valence-electron chi connectivity index (χ1n) is 7.90. The molecule has 0 spiro atoms. The van der Waals surface area contributed by atoms with Crippen molar-refractivity contribution >= 4 is 28.2 Å². The van der Waals surface area contributed by atoms with Gasteiger partial charge in [-0.3, -0.25) is 9.48 Å². The molecule has 2 aromatic heterocycles. The molecule has 0 saturated heterocycles. The standard InChI is InChI=1S/C17H23N3O3S/c1-6-23-17(22)16-10(2)9-15(24-16)18-14(21)8-7-13-11(3)19-20(5)12(13)4/h9H,6-8H2,1-5H3,(H,18,21). The zero-order chi connectivity index (χ0) is 17.9. The maximum absolute atomic E-state index is 12.2. The lowest BCUT2D eigenvalue weighted by molar-refractivity contribution is -0.116. The summed E-state index contributed by atoms with van der Waals surface area (Å²) in [6, 6.07) is 1.80. The average molecular weight is 349 g/mol. The van der Waals surface area contributed by atoms with Crippen LogP contribution in [0.25, 0.3) is 0 Å². The topological polar surface area (TPSA) is 73.2 Å². The molecule has 2 aromatic rings. The van der Waals surface area contributed by atoms with E-state index in [1.54, 1.807) is 13.0 Å². The molecule has 1 N–H and O–H groups in total. The summed E-state index contributed by atoms with van der Waals surface area (Å²) >= 11 is 1.25. The van der Waals surface area contributed by atoms with Gasteiger partial charge in [0.25, 0.3) is 0 Å². The van der Waals surface area contributed by atoms with E-state index in [1.165, 1.54) is 11.3 Å². The predicted octanol–water partition coefficient (Wildman–Crippen LogP) is 3.15. The van der Waals surface area contributed by atoms with Crippen LogP contribution in [0.3, 0.4) is 0 Å². The fourth-order valence-electron chi connectivity index (χ4n) is 2.56. The van der Waals surface area contributed by atoms with Crippen molar-refractivity contribution in [2.45, 2.75) is 40.5 Å². The molecule has 0 aliphatic carbocycles. The number of hydrogen-bond donors (Lipinski definition) is 1. The summed E-state index contributed by atoms with van der Waals surface area (Å²) in [6.07, 6.45) is 1.02. The maximum Gasteiger partial charge on any atom is 0.348 e. The number of esters is 1. The Bertz CT molecular complexity index is 761. The molecular formula is C17H23N3O3S. The summed E-state index contributed by atoms with van der Waals surface area (Å²) in [7, 11) is 1.90. The van der Waals surface area contributed by atoms with Gasteiger partial charge in [-0.05, 0) is 51.3 Å². The molecule has 2 rings (SSSR count). The highest BCUT2D eigenvalue weighted by Crippen LogP contribution is 2.27. The van der Waals surface area contributed by atoms with Crippen molar-refractivity contribution in [2.75, 3.05) is 11.9 Å². The number of aromatic nitrogens is 2. The van der Waals surface area contributed by atoms with Crippen molar-refractivity contribution < 1.29 is 14.3 Å². The molecule has 0 aromatic carbocycles. The molecule has 6 nitrogen and oxygen atoms in total. The molecule has 0 bridgehead atoms. The van der Waals surface area contributed by atoms with Crippen molar-refractivity contribution in [3.8, 4) is 0 Å². The molecule has 7 heteroatoms. The number of carbonyl (C=O) groups is 2. The van der Waals surface area contributed by atoms with Gasteiger partial charge in [0.2, 0.25) is 5.91 Å². The van der Waals surface area contributed by atoms with E-state index >= 15 is 0 Å². The van der Waals surface area contributed by atoms with E-state index in [4.69, 9.17) is 4.74 Å². The molecule has 0 unspecified atom stereocenters. The zero-order valence-corrected chi connectivity index (χ0v) is 15.5. The number of ether oxygens (including phenoxy) is 1. The Kier molecular flexibility index (Phi) is 5.77. The molecule has 2 heterocycles. The number of nitrogens with one attached hydrogen (secondary N) is 1. The van der Waals surface area contributed by atoms with Gasteiger partial charge in [0, 0.05) is 19.2 Å². The third kappa shape index (κ3) is 4.03. The van der Waals surface area contributed by atoms with E-state index in [0.717, 1.165) is 22.5 Å². The lowest BCUT2D eigenvalue weighted by atomic mass is 10.1. The van der Waals surface area contributed by atoms with E-state index in [2.05, 4.69) is 10.4 Å². The Labute approximate surface area is 145 Å². The van der Waals surface area contributed by atoms with Gasteiger partial charge >= 0.3 is 5.97 Å². The summed E-state index contributed by atoms with van der Waals surface area (Å²) in [6.45, 7) is 7.89. The van der Waals surface area contributed by atoms with Crippen molar-refractivity contribution in [3.63, 3.8) is 0 Å². The first kappa shape index (κ1) is 18.2. The van der Waals surface area contributed by atoms with Crippen LogP contribution in [0.4, 0.5) is 5.00 Å². The van der Waals surface area contributed by atoms with Crippen LogP contribution in [-0.2, 0) is 23.0 Å². The number of anilines is 1. The number of amides is 1. The van der Waals surface area contributed by atoms with Gasteiger partial charge in [-0.25, -0.2) is 4.79 Å². The summed E-state index contributed by atoms with van der Waals surface area (Å²) in [5.41, 5.74) is 3.96. The SMILES string of the molecule is CCOC(=O)c1sc(NC(=O)CCc2c(C)nn(C)c2C)cc1C. The zero-order valence-electron chi connectivity index (χ0n) is 14.7. The highest BCUT2D eigenvalue weighted by molar-refractivity contribution is 7.18. The van der Waals surface area contributed by atoms with Crippen LogP contribution in [0.5, 0.6) is 0 Å². The number of thiophene rings is 1. The van der Waals surface area contributed by atoms with Gasteiger partial charge in [0.05, 0.1) is 17.3 Å². The van der Waals surface area contributed by atoms with E-state index in [1.807, 2.05) is 32.5 Å². The van der Waals surface area contributed by atoms with Crippen LogP contribution < -0.4 is 5.32 Å². The highest BCUT2D eigenvalue weighted by atomic mass is 32.1. The molecule has 24 heavy (non-hydrogen) atoms. The fourth-order valence-corrected chi connectivity index (χ4v) is 3.54. The number of hydrogen-bond acceptors (Lipinski definition) is 5. The maximum atomic E-state index is 12.2. The van der Waals surface area contributed by atoms with Crippen molar-refractivity contribution in [1.29, 1.82) is 0 Å². The van der Waals surface area contributed by atoms with Crippen molar-refractivity contribution in [3.05, 3.63) is 33.5 Å². The number of rotatable bonds is 6. The van der Waals surface area contributed by atoms with Crippen LogP contribution in [0.1, 0.15) is 45.5 Å². The van der Waals surface area contributed by atoms with Gasteiger partial charge < -0.3 is 10.1 Å². The summed E-state index contributed by atoms with van der Waals surface area (Å²) < 4.78 is 6.84. The largest absolute Gasteiger partial charge is 0.462 e. The lowest BCUT2D eigenvalue weighted by Gasteiger charge is -2.03. The molecule has 0 saturated carbocycles. The van der Waals surface area contributed by atoms with Gasteiger partial charge in [0.1, 0.15) is 4.88 Å². The molecule has 0 atom stereocenters. The quantitative estimate of drug-likeness (QED) is 0.813. The first-order valence-corrected chi connectivity index (χ1v) is 8.71. The highest BCUT2D eigenvalue weighted by Gasteiger charge is 2.16. The van der Waals surface area contributed by atoms with Crippen LogP contribution >= 0.6 is 11.3 Å². The molecule has 0 radical (unpaired) electrons. The Morgan fingerprint density at radius 1 is 1.33 bits per heavy atom. The van der Waals surface area contributed by atoms with Crippen LogP contribution in [0.2, 0.25) is 0 Å². The molecule has 0 aliphatic rings. The summed E-state index contributed by atoms with van der Waals surface area (Å²) in [5, 5.41) is 7.89. The third-order valence-corrected chi connectivity index (χ3v) is 5.03. The van der Waals surface area contributed by atoms with Gasteiger partial charge in [0.15, 0.2) is 0 Å². The summed E-state index contributed by atoms with van der Waals surface area (Å²) in [5.74, 6) is -0.420. The Morgan fingerprint density at radius 3 is 2.62 bits per heavy atom. The second-order valence-electron chi connectivity index (χ2n) is 5.66. The molecule has 0 aliphatic heterocycles. The van der Waals surface area contributed by atoms with Crippen LogP contribution in [-0.4, -0.2) is 28.3 Å². The minimum absolute atomic E-state index is 0.0747. The Morgan fingerprint density at radius 2 is 2.04 bits per heavy atom. The Balaban J connectivity index is 1.98. The van der Waals surface area contributed by atoms with Gasteiger partial charge in [-0.15, -0.1) is 11.3 Å². The normalized spacial score (nSPS) is 10.7. The smallest absolute Gasteiger partial charge is 0.348 e. The molecular weight excluding hydrogens is 326 g/mol. The van der Waals surface area contributed by atoms with Crippen LogP contribution in [0, 0.1) is 20.8 Å². The second kappa shape index (κ2) is 7.61. The monoisotopic (exact) mass is 349 g/mol. The van der Waals surface area contributed by atoms with Crippen LogP contribution in [0.15, 0.2) is 6.07 Å². The fraction of sp³-hybridized carbons (Fsp3) is 0.471. The van der Waals surface area contributed by atoms with E-state index in [0.29, 0.717) is 29.3 Å². The number of carbonyl (C=O) groups excluding carboxylic acids is 2. The molecule has 1 amide bonds.